The Balaban J connectivity index is 0.00000312. The fourth-order valence-electron chi connectivity index (χ4n) is 2.59. The number of guanidine groups is 1. The van der Waals surface area contributed by atoms with E-state index in [4.69, 9.17) is 0 Å². The van der Waals surface area contributed by atoms with Crippen molar-refractivity contribution in [2.75, 3.05) is 38.5 Å². The molecule has 1 fully saturated rings. The zero-order valence-corrected chi connectivity index (χ0v) is 18.0. The van der Waals surface area contributed by atoms with Gasteiger partial charge in [0.15, 0.2) is 5.96 Å². The largest absolute Gasteiger partial charge is 0.357 e. The number of nitrogens with zero attached hydrogens (tertiary/aromatic N) is 5. The molecule has 0 bridgehead atoms. The standard InChI is InChI=1S/C14H27N7O2S.HI/c1-3-13-19-18-12-20(13)9-6-16-14(15-4-2)17-7-10-21-8-5-11-24(21,22)23;/h12H,3-11H2,1-2H3,(H2,15,16,17);1H. The topological polar surface area (TPSA) is 105 Å². The lowest BCUT2D eigenvalue weighted by molar-refractivity contribution is 0.452. The van der Waals surface area contributed by atoms with Crippen molar-refractivity contribution in [1.82, 2.24) is 29.7 Å². The number of rotatable bonds is 8. The summed E-state index contributed by atoms with van der Waals surface area (Å²) in [6.45, 7) is 7.73. The van der Waals surface area contributed by atoms with Gasteiger partial charge >= 0.3 is 0 Å². The van der Waals surface area contributed by atoms with Gasteiger partial charge in [-0.05, 0) is 13.3 Å². The van der Waals surface area contributed by atoms with Crippen LogP contribution in [0, 0.1) is 0 Å². The van der Waals surface area contributed by atoms with Gasteiger partial charge in [-0.2, -0.15) is 0 Å². The molecule has 0 radical (unpaired) electrons. The van der Waals surface area contributed by atoms with Gasteiger partial charge in [0.1, 0.15) is 12.2 Å². The van der Waals surface area contributed by atoms with Crippen LogP contribution < -0.4 is 10.6 Å². The quantitative estimate of drug-likeness (QED) is 0.307. The predicted octanol–water partition coefficient (Wildman–Crippen LogP) is 0.0491. The summed E-state index contributed by atoms with van der Waals surface area (Å²) in [6, 6.07) is 0. The first-order valence-corrected chi connectivity index (χ1v) is 10.0. The van der Waals surface area contributed by atoms with E-state index >= 15 is 0 Å². The molecule has 144 valence electrons. The Hall–Kier alpha value is -0.950. The van der Waals surface area contributed by atoms with Gasteiger partial charge in [0, 0.05) is 39.1 Å². The van der Waals surface area contributed by atoms with E-state index in [0.29, 0.717) is 38.6 Å². The van der Waals surface area contributed by atoms with Gasteiger partial charge in [-0.15, -0.1) is 34.2 Å². The van der Waals surface area contributed by atoms with E-state index in [9.17, 15) is 8.42 Å². The van der Waals surface area contributed by atoms with Crippen molar-refractivity contribution in [3.63, 3.8) is 0 Å². The van der Waals surface area contributed by atoms with Crippen molar-refractivity contribution in [1.29, 1.82) is 0 Å². The van der Waals surface area contributed by atoms with Gasteiger partial charge < -0.3 is 15.2 Å². The summed E-state index contributed by atoms with van der Waals surface area (Å²) in [5.74, 6) is 1.91. The molecule has 2 rings (SSSR count). The highest BCUT2D eigenvalue weighted by atomic mass is 127. The van der Waals surface area contributed by atoms with Crippen LogP contribution in [0.15, 0.2) is 11.3 Å². The van der Waals surface area contributed by atoms with Gasteiger partial charge in [0.25, 0.3) is 0 Å². The summed E-state index contributed by atoms with van der Waals surface area (Å²) in [5.41, 5.74) is 0. The lowest BCUT2D eigenvalue weighted by atomic mass is 10.4. The fourth-order valence-corrected chi connectivity index (χ4v) is 4.11. The van der Waals surface area contributed by atoms with Crippen molar-refractivity contribution >= 4 is 40.0 Å². The second-order valence-corrected chi connectivity index (χ2v) is 7.64. The first-order valence-electron chi connectivity index (χ1n) is 8.43. The Bertz CT molecular complexity index is 647. The van der Waals surface area contributed by atoms with Gasteiger partial charge in [-0.25, -0.2) is 12.7 Å². The molecule has 0 saturated carbocycles. The third kappa shape index (κ3) is 6.70. The first-order chi connectivity index (χ1) is 11.6. The maximum absolute atomic E-state index is 11.8. The van der Waals surface area contributed by atoms with Crippen LogP contribution in [0.5, 0.6) is 0 Å². The van der Waals surface area contributed by atoms with Crippen LogP contribution >= 0.6 is 24.0 Å². The number of aliphatic imine (C=N–C) groups is 1. The molecular formula is C14H28IN7O2S. The summed E-state index contributed by atoms with van der Waals surface area (Å²) in [4.78, 5) is 4.45. The third-order valence-electron chi connectivity index (χ3n) is 3.82. The second-order valence-electron chi connectivity index (χ2n) is 5.55. The van der Waals surface area contributed by atoms with Crippen molar-refractivity contribution in [3.8, 4) is 0 Å². The van der Waals surface area contributed by atoms with Crippen molar-refractivity contribution < 1.29 is 8.42 Å². The molecule has 9 nitrogen and oxygen atoms in total. The highest BCUT2D eigenvalue weighted by Gasteiger charge is 2.27. The number of halogens is 1. The van der Waals surface area contributed by atoms with Crippen LogP contribution in [0.3, 0.4) is 0 Å². The maximum atomic E-state index is 11.8. The van der Waals surface area contributed by atoms with E-state index in [2.05, 4.69) is 25.8 Å². The molecule has 0 unspecified atom stereocenters. The molecule has 11 heteroatoms. The summed E-state index contributed by atoms with van der Waals surface area (Å²) < 4.78 is 27.0. The molecule has 1 aromatic heterocycles. The van der Waals surface area contributed by atoms with Gasteiger partial charge in [-0.1, -0.05) is 6.92 Å². The minimum absolute atomic E-state index is 0. The molecule has 1 aromatic rings. The molecule has 0 atom stereocenters. The average Bonchev–Trinajstić information content (AvgIpc) is 3.13. The molecule has 1 aliphatic heterocycles. The average molecular weight is 485 g/mol. The van der Waals surface area contributed by atoms with Crippen LogP contribution in [0.4, 0.5) is 0 Å². The number of aryl methyl sites for hydroxylation is 1. The minimum atomic E-state index is -3.05. The Morgan fingerprint density at radius 3 is 2.76 bits per heavy atom. The van der Waals surface area contributed by atoms with Crippen LogP contribution in [0.25, 0.3) is 0 Å². The summed E-state index contributed by atoms with van der Waals surface area (Å²) in [7, 11) is -3.05. The lowest BCUT2D eigenvalue weighted by Crippen LogP contribution is -2.39. The van der Waals surface area contributed by atoms with Gasteiger partial charge in [0.2, 0.25) is 10.0 Å². The minimum Gasteiger partial charge on any atom is -0.357 e. The SMILES string of the molecule is CCNC(=NCCN1CCCS1(=O)=O)NCCn1cnnc1CC.I. The number of sulfonamides is 1. The van der Waals surface area contributed by atoms with E-state index < -0.39 is 10.0 Å². The predicted molar refractivity (Wildman–Crippen MR) is 109 cm³/mol. The summed E-state index contributed by atoms with van der Waals surface area (Å²) >= 11 is 0. The maximum Gasteiger partial charge on any atom is 0.214 e. The summed E-state index contributed by atoms with van der Waals surface area (Å²) in [6.07, 6.45) is 3.28. The molecule has 0 spiro atoms. The number of aromatic nitrogens is 3. The fraction of sp³-hybridized carbons (Fsp3) is 0.786. The molecule has 0 aromatic carbocycles. The number of hydrogen-bond donors (Lipinski definition) is 2. The Labute approximate surface area is 166 Å². The highest BCUT2D eigenvalue weighted by molar-refractivity contribution is 14.0. The molecule has 2 N–H and O–H groups in total. The van der Waals surface area contributed by atoms with Crippen LogP contribution in [-0.4, -0.2) is 71.9 Å². The van der Waals surface area contributed by atoms with E-state index in [1.165, 1.54) is 4.31 Å². The van der Waals surface area contributed by atoms with E-state index in [1.54, 1.807) is 6.33 Å². The normalized spacial score (nSPS) is 17.3. The molecule has 2 heterocycles. The van der Waals surface area contributed by atoms with Crippen molar-refractivity contribution in [3.05, 3.63) is 12.2 Å². The van der Waals surface area contributed by atoms with Crippen LogP contribution in [0.1, 0.15) is 26.1 Å². The molecule has 0 amide bonds. The van der Waals surface area contributed by atoms with Gasteiger partial charge in [-0.3, -0.25) is 4.99 Å². The first kappa shape index (κ1) is 22.1. The smallest absolute Gasteiger partial charge is 0.214 e. The third-order valence-corrected chi connectivity index (χ3v) is 5.78. The molecular weight excluding hydrogens is 457 g/mol. The number of hydrogen-bond acceptors (Lipinski definition) is 5. The van der Waals surface area contributed by atoms with E-state index in [1.807, 2.05) is 18.4 Å². The van der Waals surface area contributed by atoms with Crippen LogP contribution in [-0.2, 0) is 23.0 Å². The summed E-state index contributed by atoms with van der Waals surface area (Å²) in [5, 5.41) is 14.4. The zero-order chi connectivity index (χ0) is 17.4. The second kappa shape index (κ2) is 10.9. The Morgan fingerprint density at radius 2 is 2.12 bits per heavy atom. The Morgan fingerprint density at radius 1 is 1.32 bits per heavy atom. The molecule has 1 aliphatic rings. The monoisotopic (exact) mass is 485 g/mol. The highest BCUT2D eigenvalue weighted by Crippen LogP contribution is 2.12. The van der Waals surface area contributed by atoms with E-state index in [-0.39, 0.29) is 29.7 Å². The molecule has 25 heavy (non-hydrogen) atoms. The molecule has 0 aliphatic carbocycles. The van der Waals surface area contributed by atoms with Crippen molar-refractivity contribution in [2.24, 2.45) is 4.99 Å². The zero-order valence-electron chi connectivity index (χ0n) is 14.8. The number of nitrogens with one attached hydrogen (secondary N) is 2. The Kier molecular flexibility index (Phi) is 9.64. The van der Waals surface area contributed by atoms with Crippen molar-refractivity contribution in [2.45, 2.75) is 33.2 Å². The molecule has 1 saturated heterocycles. The lowest BCUT2D eigenvalue weighted by Gasteiger charge is -2.14. The van der Waals surface area contributed by atoms with Gasteiger partial charge in [0.05, 0.1) is 12.3 Å². The van der Waals surface area contributed by atoms with E-state index in [0.717, 1.165) is 25.3 Å². The van der Waals surface area contributed by atoms with Crippen LogP contribution in [0.2, 0.25) is 0 Å².